The Bertz CT molecular complexity index is 1330. The maximum atomic E-state index is 13.3. The summed E-state index contributed by atoms with van der Waals surface area (Å²) in [5, 5.41) is 4.82. The van der Waals surface area contributed by atoms with Gasteiger partial charge in [-0.2, -0.15) is 26.3 Å². The molecule has 8 nitrogen and oxygen atoms in total. The molecule has 1 aliphatic heterocycles. The number of carbonyl (C=O) groups excluding carboxylic acids is 3. The summed E-state index contributed by atoms with van der Waals surface area (Å²) in [7, 11) is 1.37. The molecule has 3 amide bonds. The Kier molecular flexibility index (Phi) is 9.66. The van der Waals surface area contributed by atoms with Crippen LogP contribution in [0.5, 0.6) is 5.75 Å². The zero-order valence-corrected chi connectivity index (χ0v) is 22.0. The lowest BCUT2D eigenvalue weighted by Crippen LogP contribution is -2.48. The van der Waals surface area contributed by atoms with Gasteiger partial charge in [-0.05, 0) is 31.9 Å². The van der Waals surface area contributed by atoms with Gasteiger partial charge in [-0.3, -0.25) is 14.4 Å². The average Bonchev–Trinajstić information content (AvgIpc) is 3.00. The summed E-state index contributed by atoms with van der Waals surface area (Å²) in [4.78, 5) is 43.0. The Morgan fingerprint density at radius 3 is 2.20 bits per heavy atom. The number of rotatable bonds is 10. The molecule has 0 aliphatic carbocycles. The van der Waals surface area contributed by atoms with Gasteiger partial charge in [0.1, 0.15) is 5.75 Å². The van der Waals surface area contributed by atoms with E-state index in [1.54, 1.807) is 36.4 Å². The predicted molar refractivity (Wildman–Crippen MR) is 137 cm³/mol. The van der Waals surface area contributed by atoms with Crippen molar-refractivity contribution in [3.63, 3.8) is 0 Å². The van der Waals surface area contributed by atoms with Crippen molar-refractivity contribution in [2.45, 2.75) is 51.1 Å². The van der Waals surface area contributed by atoms with E-state index >= 15 is 0 Å². The molecule has 0 spiro atoms. The Morgan fingerprint density at radius 1 is 1.02 bits per heavy atom. The fourth-order valence-electron chi connectivity index (χ4n) is 4.53. The highest BCUT2D eigenvalue weighted by atomic mass is 19.4. The lowest BCUT2D eigenvalue weighted by molar-refractivity contribution is -0.152. The van der Waals surface area contributed by atoms with E-state index in [1.165, 1.54) is 7.11 Å². The Morgan fingerprint density at radius 2 is 1.63 bits per heavy atom. The molecule has 4 N–H and O–H groups in total. The van der Waals surface area contributed by atoms with Crippen LogP contribution in [0.25, 0.3) is 0 Å². The fraction of sp³-hybridized carbons (Fsp3) is 0.407. The third kappa shape index (κ3) is 8.44. The number of aliphatic imine (C=N–C) groups is 1. The van der Waals surface area contributed by atoms with Gasteiger partial charge < -0.3 is 21.1 Å². The Balaban J connectivity index is 2.04. The number of fused-ring (bicyclic) bond motifs is 1. The van der Waals surface area contributed by atoms with Crippen molar-refractivity contribution in [3.8, 4) is 5.75 Å². The van der Waals surface area contributed by atoms with E-state index in [4.69, 9.17) is 10.5 Å². The SMILES string of the molecule is COc1cccc2c1NC(=O)C(NC(=O)C(CCC(F)(F)F)C(CCC(F)(F)F)C(N)=O)N=C2c1cccc(C)c1. The van der Waals surface area contributed by atoms with E-state index in [1.807, 2.05) is 13.0 Å². The second kappa shape index (κ2) is 12.6. The van der Waals surface area contributed by atoms with Crippen LogP contribution in [-0.2, 0) is 14.4 Å². The molecule has 3 atom stereocenters. The molecule has 0 bridgehead atoms. The van der Waals surface area contributed by atoms with Gasteiger partial charge in [0, 0.05) is 35.8 Å². The van der Waals surface area contributed by atoms with Gasteiger partial charge in [-0.25, -0.2) is 4.99 Å². The van der Waals surface area contributed by atoms with Gasteiger partial charge >= 0.3 is 12.4 Å². The van der Waals surface area contributed by atoms with Crippen LogP contribution in [0.2, 0.25) is 0 Å². The fourth-order valence-corrected chi connectivity index (χ4v) is 4.53. The molecule has 2 aromatic rings. The maximum Gasteiger partial charge on any atom is 0.389 e. The summed E-state index contributed by atoms with van der Waals surface area (Å²) >= 11 is 0. The van der Waals surface area contributed by atoms with E-state index < -0.39 is 73.8 Å². The van der Waals surface area contributed by atoms with Crippen molar-refractivity contribution in [1.29, 1.82) is 0 Å². The molecule has 1 heterocycles. The summed E-state index contributed by atoms with van der Waals surface area (Å²) in [5.74, 6) is -7.08. The van der Waals surface area contributed by atoms with Crippen LogP contribution in [0.3, 0.4) is 0 Å². The number of primary amides is 1. The minimum Gasteiger partial charge on any atom is -0.495 e. The van der Waals surface area contributed by atoms with Crippen LogP contribution in [0.15, 0.2) is 47.5 Å². The van der Waals surface area contributed by atoms with Crippen LogP contribution in [0.1, 0.15) is 42.4 Å². The number of halogens is 6. The topological polar surface area (TPSA) is 123 Å². The Hall–Kier alpha value is -4.10. The van der Waals surface area contributed by atoms with Gasteiger partial charge in [0.25, 0.3) is 5.91 Å². The maximum absolute atomic E-state index is 13.3. The van der Waals surface area contributed by atoms with Gasteiger partial charge in [0.2, 0.25) is 18.0 Å². The van der Waals surface area contributed by atoms with Gasteiger partial charge in [-0.1, -0.05) is 35.9 Å². The predicted octanol–water partition coefficient (Wildman–Crippen LogP) is 4.64. The van der Waals surface area contributed by atoms with Crippen molar-refractivity contribution >= 4 is 29.1 Å². The van der Waals surface area contributed by atoms with Crippen molar-refractivity contribution < 1.29 is 45.5 Å². The molecule has 14 heteroatoms. The number of aryl methyl sites for hydroxylation is 1. The molecule has 0 saturated carbocycles. The van der Waals surface area contributed by atoms with Crippen molar-refractivity contribution in [2.75, 3.05) is 12.4 Å². The Labute approximate surface area is 231 Å². The van der Waals surface area contributed by atoms with E-state index in [2.05, 4.69) is 15.6 Å². The summed E-state index contributed by atoms with van der Waals surface area (Å²) in [6, 6.07) is 11.8. The molecular formula is C27H28F6N4O4. The molecule has 0 radical (unpaired) electrons. The van der Waals surface area contributed by atoms with Gasteiger partial charge in [0.05, 0.1) is 18.5 Å². The number of methoxy groups -OCH3 is 1. The molecule has 2 aromatic carbocycles. The highest BCUT2D eigenvalue weighted by Gasteiger charge is 2.40. The van der Waals surface area contributed by atoms with Crippen LogP contribution in [0, 0.1) is 18.8 Å². The number of nitrogens with zero attached hydrogens (tertiary/aromatic N) is 1. The minimum absolute atomic E-state index is 0.214. The quantitative estimate of drug-likeness (QED) is 0.351. The van der Waals surface area contributed by atoms with E-state index in [-0.39, 0.29) is 17.1 Å². The van der Waals surface area contributed by atoms with E-state index in [0.29, 0.717) is 11.1 Å². The normalized spacial score (nSPS) is 16.9. The number of benzene rings is 2. The van der Waals surface area contributed by atoms with Crippen LogP contribution in [-0.4, -0.2) is 49.1 Å². The monoisotopic (exact) mass is 586 g/mol. The lowest BCUT2D eigenvalue weighted by atomic mass is 9.83. The van der Waals surface area contributed by atoms with Gasteiger partial charge in [0.15, 0.2) is 0 Å². The first-order chi connectivity index (χ1) is 19.1. The molecule has 41 heavy (non-hydrogen) atoms. The smallest absolute Gasteiger partial charge is 0.389 e. The number of nitrogens with one attached hydrogen (secondary N) is 2. The summed E-state index contributed by atoms with van der Waals surface area (Å²) in [6.45, 7) is 1.81. The van der Waals surface area contributed by atoms with E-state index in [0.717, 1.165) is 5.56 Å². The number of benzodiazepines with no additional fused rings is 1. The standard InChI is InChI=1S/C27H28F6N4O4/c1-14-5-3-6-15(13-14)20-18-7-4-8-19(41-2)21(18)36-25(40)23(35-20)37-24(39)17(10-12-27(31,32)33)16(22(34)38)9-11-26(28,29)30/h3-8,13,16-17,23H,9-12H2,1-2H3,(H2,34,38)(H,36,40)(H,37,39). The number of hydrogen-bond acceptors (Lipinski definition) is 5. The number of carbonyl (C=O) groups is 3. The molecule has 3 unspecified atom stereocenters. The summed E-state index contributed by atoms with van der Waals surface area (Å²) in [5.41, 5.74) is 7.46. The second-order valence-corrected chi connectivity index (χ2v) is 9.55. The molecule has 1 aliphatic rings. The third-order valence-electron chi connectivity index (χ3n) is 6.49. The van der Waals surface area contributed by atoms with Crippen LogP contribution < -0.4 is 21.1 Å². The highest BCUT2D eigenvalue weighted by molar-refractivity contribution is 6.20. The number of amides is 3. The largest absolute Gasteiger partial charge is 0.495 e. The molecule has 222 valence electrons. The zero-order valence-electron chi connectivity index (χ0n) is 22.0. The third-order valence-corrected chi connectivity index (χ3v) is 6.49. The summed E-state index contributed by atoms with van der Waals surface area (Å²) < 4.78 is 83.2. The number of nitrogens with two attached hydrogens (primary N) is 1. The number of anilines is 1. The number of hydrogen-bond donors (Lipinski definition) is 3. The van der Waals surface area contributed by atoms with Crippen LogP contribution in [0.4, 0.5) is 32.0 Å². The number of ether oxygens (including phenoxy) is 1. The average molecular weight is 587 g/mol. The van der Waals surface area contributed by atoms with Crippen molar-refractivity contribution in [2.24, 2.45) is 22.6 Å². The highest BCUT2D eigenvalue weighted by Crippen LogP contribution is 2.34. The number of alkyl halides is 6. The first-order valence-electron chi connectivity index (χ1n) is 12.5. The molecule has 3 rings (SSSR count). The summed E-state index contributed by atoms with van der Waals surface area (Å²) in [6.07, 6.45) is -16.4. The lowest BCUT2D eigenvalue weighted by Gasteiger charge is -2.26. The van der Waals surface area contributed by atoms with Crippen molar-refractivity contribution in [1.82, 2.24) is 5.32 Å². The first kappa shape index (κ1) is 31.4. The molecule has 0 aromatic heterocycles. The zero-order chi connectivity index (χ0) is 30.5. The van der Waals surface area contributed by atoms with Gasteiger partial charge in [-0.15, -0.1) is 0 Å². The molecule has 0 fully saturated rings. The minimum atomic E-state index is -4.78. The second-order valence-electron chi connectivity index (χ2n) is 9.55. The van der Waals surface area contributed by atoms with E-state index in [9.17, 15) is 40.7 Å². The van der Waals surface area contributed by atoms with Crippen molar-refractivity contribution in [3.05, 3.63) is 59.2 Å². The van der Waals surface area contributed by atoms with Crippen LogP contribution >= 0.6 is 0 Å². The number of para-hydroxylation sites is 1. The molecular weight excluding hydrogens is 558 g/mol. The first-order valence-corrected chi connectivity index (χ1v) is 12.5. The molecule has 0 saturated heterocycles.